The van der Waals surface area contributed by atoms with E-state index in [1.165, 1.54) is 32.2 Å². The minimum absolute atomic E-state index is 0.0221. The highest BCUT2D eigenvalue weighted by Crippen LogP contribution is 2.30. The lowest BCUT2D eigenvalue weighted by molar-refractivity contribution is 0.0563. The quantitative estimate of drug-likeness (QED) is 0.665. The smallest absolute Gasteiger partial charge is 0.373 e. The average Bonchev–Trinajstić information content (AvgIpc) is 2.85. The van der Waals surface area contributed by atoms with Gasteiger partial charge in [-0.15, -0.1) is 0 Å². The molecule has 0 amide bonds. The molecule has 0 aliphatic rings. The number of aromatic hydroxyl groups is 2. The molecule has 0 radical (unpaired) electrons. The van der Waals surface area contributed by atoms with Gasteiger partial charge in [-0.25, -0.2) is 4.79 Å². The van der Waals surface area contributed by atoms with Gasteiger partial charge in [0.15, 0.2) is 5.78 Å². The Labute approximate surface area is 126 Å². The van der Waals surface area contributed by atoms with Gasteiger partial charge in [0.25, 0.3) is 0 Å². The Morgan fingerprint density at radius 1 is 1.23 bits per heavy atom. The number of phenolic OH excluding ortho intramolecular Hbond substituents is 2. The number of benzene rings is 1. The Morgan fingerprint density at radius 2 is 1.91 bits per heavy atom. The van der Waals surface area contributed by atoms with E-state index in [-0.39, 0.29) is 40.6 Å². The summed E-state index contributed by atoms with van der Waals surface area (Å²) >= 11 is 0. The standard InChI is InChI=1S/C16H16O6/c1-8-12(17)5-4-11(15(8)19)13(18)6-10-7-14(16(20)21-3)22-9(10)2/h4-5,7,17,19H,6H2,1-3H3. The second-order valence-corrected chi connectivity index (χ2v) is 4.89. The normalized spacial score (nSPS) is 10.5. The van der Waals surface area contributed by atoms with E-state index >= 15 is 0 Å². The van der Waals surface area contributed by atoms with Crippen molar-refractivity contribution >= 4 is 11.8 Å². The summed E-state index contributed by atoms with van der Waals surface area (Å²) in [6.07, 6.45) is -0.0376. The number of methoxy groups -OCH3 is 1. The molecular formula is C16H16O6. The minimum atomic E-state index is -0.620. The second-order valence-electron chi connectivity index (χ2n) is 4.89. The third-order valence-electron chi connectivity index (χ3n) is 3.46. The SMILES string of the molecule is COC(=O)c1cc(CC(=O)c2ccc(O)c(C)c2O)c(C)o1. The van der Waals surface area contributed by atoms with E-state index in [4.69, 9.17) is 4.42 Å². The van der Waals surface area contributed by atoms with Crippen molar-refractivity contribution in [2.75, 3.05) is 7.11 Å². The van der Waals surface area contributed by atoms with Gasteiger partial charge in [0.1, 0.15) is 17.3 Å². The molecule has 2 aromatic rings. The number of hydrogen-bond acceptors (Lipinski definition) is 6. The Kier molecular flexibility index (Phi) is 4.21. The van der Waals surface area contributed by atoms with Crippen LogP contribution in [0.5, 0.6) is 11.5 Å². The molecule has 0 unspecified atom stereocenters. The van der Waals surface area contributed by atoms with E-state index < -0.39 is 5.97 Å². The molecule has 0 aliphatic heterocycles. The van der Waals surface area contributed by atoms with Crippen LogP contribution >= 0.6 is 0 Å². The Morgan fingerprint density at radius 3 is 2.55 bits per heavy atom. The van der Waals surface area contributed by atoms with Gasteiger partial charge in [0, 0.05) is 17.5 Å². The van der Waals surface area contributed by atoms with Crippen LogP contribution in [0.25, 0.3) is 0 Å². The number of ether oxygens (including phenoxy) is 1. The fraction of sp³-hybridized carbons (Fsp3) is 0.250. The number of ketones is 1. The Balaban J connectivity index is 2.28. The summed E-state index contributed by atoms with van der Waals surface area (Å²) in [6, 6.07) is 4.16. The van der Waals surface area contributed by atoms with Gasteiger partial charge in [0.05, 0.1) is 12.7 Å². The van der Waals surface area contributed by atoms with Crippen molar-refractivity contribution in [3.63, 3.8) is 0 Å². The fourth-order valence-electron chi connectivity index (χ4n) is 2.08. The molecule has 0 spiro atoms. The number of aryl methyl sites for hydroxylation is 1. The molecule has 0 aliphatic carbocycles. The highest BCUT2D eigenvalue weighted by atomic mass is 16.5. The van der Waals surface area contributed by atoms with E-state index in [0.717, 1.165) is 0 Å². The number of phenols is 2. The van der Waals surface area contributed by atoms with Crippen LogP contribution in [0.4, 0.5) is 0 Å². The van der Waals surface area contributed by atoms with E-state index in [2.05, 4.69) is 4.74 Å². The lowest BCUT2D eigenvalue weighted by Crippen LogP contribution is -2.05. The second kappa shape index (κ2) is 5.93. The number of Topliss-reactive ketones (excluding diaryl/α,β-unsaturated/α-hetero) is 1. The number of hydrogen-bond donors (Lipinski definition) is 2. The molecule has 0 saturated heterocycles. The summed E-state index contributed by atoms with van der Waals surface area (Å²) in [5, 5.41) is 19.4. The maximum absolute atomic E-state index is 12.3. The zero-order chi connectivity index (χ0) is 16.4. The number of carbonyl (C=O) groups excluding carboxylic acids is 2. The number of esters is 1. The third kappa shape index (κ3) is 2.81. The van der Waals surface area contributed by atoms with Crippen LogP contribution in [0.15, 0.2) is 22.6 Å². The molecule has 2 rings (SSSR count). The fourth-order valence-corrected chi connectivity index (χ4v) is 2.08. The van der Waals surface area contributed by atoms with Crippen LogP contribution in [0.1, 0.15) is 37.8 Å². The zero-order valence-corrected chi connectivity index (χ0v) is 12.5. The largest absolute Gasteiger partial charge is 0.508 e. The molecule has 6 heteroatoms. The topological polar surface area (TPSA) is 97.0 Å². The van der Waals surface area contributed by atoms with E-state index in [1.54, 1.807) is 6.92 Å². The van der Waals surface area contributed by atoms with Gasteiger partial charge < -0.3 is 19.4 Å². The zero-order valence-electron chi connectivity index (χ0n) is 12.5. The Hall–Kier alpha value is -2.76. The molecule has 1 aromatic heterocycles. The summed E-state index contributed by atoms with van der Waals surface area (Å²) in [7, 11) is 1.24. The lowest BCUT2D eigenvalue weighted by Gasteiger charge is -2.07. The first-order valence-corrected chi connectivity index (χ1v) is 6.57. The van der Waals surface area contributed by atoms with E-state index in [9.17, 15) is 19.8 Å². The van der Waals surface area contributed by atoms with Crippen molar-refractivity contribution in [1.82, 2.24) is 0 Å². The van der Waals surface area contributed by atoms with Crippen LogP contribution in [-0.2, 0) is 11.2 Å². The lowest BCUT2D eigenvalue weighted by atomic mass is 10.00. The van der Waals surface area contributed by atoms with Crippen LogP contribution in [0, 0.1) is 13.8 Å². The van der Waals surface area contributed by atoms with Crippen molar-refractivity contribution < 1.29 is 29.0 Å². The van der Waals surface area contributed by atoms with E-state index in [0.29, 0.717) is 11.3 Å². The summed E-state index contributed by atoms with van der Waals surface area (Å²) in [4.78, 5) is 23.7. The average molecular weight is 304 g/mol. The molecular weight excluding hydrogens is 288 g/mol. The molecule has 1 heterocycles. The van der Waals surface area contributed by atoms with Gasteiger partial charge in [-0.1, -0.05) is 0 Å². The molecule has 116 valence electrons. The third-order valence-corrected chi connectivity index (χ3v) is 3.46. The first-order valence-electron chi connectivity index (χ1n) is 6.57. The molecule has 0 fully saturated rings. The summed E-state index contributed by atoms with van der Waals surface area (Å²) in [5.41, 5.74) is 0.885. The van der Waals surface area contributed by atoms with Crippen molar-refractivity contribution in [3.05, 3.63) is 46.4 Å². The van der Waals surface area contributed by atoms with Crippen LogP contribution in [0.3, 0.4) is 0 Å². The molecule has 0 saturated carbocycles. The molecule has 6 nitrogen and oxygen atoms in total. The van der Waals surface area contributed by atoms with Gasteiger partial charge >= 0.3 is 5.97 Å². The van der Waals surface area contributed by atoms with Crippen molar-refractivity contribution in [2.45, 2.75) is 20.3 Å². The number of furan rings is 1. The molecule has 0 bridgehead atoms. The van der Waals surface area contributed by atoms with Crippen LogP contribution < -0.4 is 0 Å². The van der Waals surface area contributed by atoms with Crippen LogP contribution in [-0.4, -0.2) is 29.1 Å². The molecule has 1 aromatic carbocycles. The van der Waals surface area contributed by atoms with Crippen LogP contribution in [0.2, 0.25) is 0 Å². The van der Waals surface area contributed by atoms with Gasteiger partial charge in [-0.05, 0) is 32.0 Å². The minimum Gasteiger partial charge on any atom is -0.508 e. The summed E-state index contributed by atoms with van der Waals surface area (Å²) < 4.78 is 9.80. The van der Waals surface area contributed by atoms with Crippen molar-refractivity contribution in [3.8, 4) is 11.5 Å². The highest BCUT2D eigenvalue weighted by Gasteiger charge is 2.20. The monoisotopic (exact) mass is 304 g/mol. The number of rotatable bonds is 4. The molecule has 0 atom stereocenters. The molecule has 2 N–H and O–H groups in total. The summed E-state index contributed by atoms with van der Waals surface area (Å²) in [6.45, 7) is 3.15. The van der Waals surface area contributed by atoms with E-state index in [1.807, 2.05) is 0 Å². The molecule has 22 heavy (non-hydrogen) atoms. The van der Waals surface area contributed by atoms with Crippen molar-refractivity contribution in [2.24, 2.45) is 0 Å². The highest BCUT2D eigenvalue weighted by molar-refractivity contribution is 6.00. The maximum Gasteiger partial charge on any atom is 0.373 e. The van der Waals surface area contributed by atoms with Gasteiger partial charge in [0.2, 0.25) is 5.76 Å². The predicted octanol–water partition coefficient (Wildman–Crippen LogP) is 2.52. The first kappa shape index (κ1) is 15.6. The first-order chi connectivity index (χ1) is 10.3. The van der Waals surface area contributed by atoms with Gasteiger partial charge in [-0.3, -0.25) is 4.79 Å². The number of carbonyl (C=O) groups is 2. The Bertz CT molecular complexity index is 741. The maximum atomic E-state index is 12.3. The van der Waals surface area contributed by atoms with Gasteiger partial charge in [-0.2, -0.15) is 0 Å². The van der Waals surface area contributed by atoms with Crippen molar-refractivity contribution in [1.29, 1.82) is 0 Å². The summed E-state index contributed by atoms with van der Waals surface area (Å²) in [5.74, 6) is -0.843. The predicted molar refractivity (Wildman–Crippen MR) is 77.3 cm³/mol.